The van der Waals surface area contributed by atoms with Crippen LogP contribution in [0.15, 0.2) is 61.2 Å². The van der Waals surface area contributed by atoms with Gasteiger partial charge in [0.15, 0.2) is 5.11 Å². The first-order valence-corrected chi connectivity index (χ1v) is 7.05. The summed E-state index contributed by atoms with van der Waals surface area (Å²) in [5, 5.41) is 7.18. The molecule has 3 rings (SSSR count). The number of fused-ring (bicyclic) bond motifs is 3. The molecule has 0 atom stereocenters. The highest BCUT2D eigenvalue weighted by atomic mass is 32.1. The number of benzene rings is 2. The minimum Gasteiger partial charge on any atom is -0.359 e. The Balaban J connectivity index is 1.95. The topological polar surface area (TPSA) is 24.1 Å². The molecule has 0 heterocycles. The summed E-state index contributed by atoms with van der Waals surface area (Å²) in [5.41, 5.74) is 5.12. The van der Waals surface area contributed by atoms with Gasteiger partial charge in [-0.3, -0.25) is 0 Å². The van der Waals surface area contributed by atoms with E-state index in [9.17, 15) is 0 Å². The van der Waals surface area contributed by atoms with Crippen molar-refractivity contribution in [2.75, 3.05) is 6.54 Å². The van der Waals surface area contributed by atoms with Crippen LogP contribution in [0.4, 0.5) is 0 Å². The van der Waals surface area contributed by atoms with Crippen molar-refractivity contribution in [3.63, 3.8) is 0 Å². The zero-order chi connectivity index (χ0) is 13.9. The van der Waals surface area contributed by atoms with Crippen LogP contribution in [0.1, 0.15) is 17.2 Å². The molecule has 0 aromatic heterocycles. The average Bonchev–Trinajstić information content (AvgIpc) is 2.80. The van der Waals surface area contributed by atoms with E-state index in [0.29, 0.717) is 11.7 Å². The molecule has 3 heteroatoms. The lowest BCUT2D eigenvalue weighted by Crippen LogP contribution is -2.37. The van der Waals surface area contributed by atoms with Crippen LogP contribution in [0.3, 0.4) is 0 Å². The summed E-state index contributed by atoms with van der Waals surface area (Å²) in [5.74, 6) is 0. The number of hydrogen-bond donors (Lipinski definition) is 2. The molecule has 2 nitrogen and oxygen atoms in total. The molecule has 2 aromatic rings. The third kappa shape index (κ3) is 2.21. The Hall–Kier alpha value is -2.13. The molecule has 0 unspecified atom stereocenters. The molecule has 0 amide bonds. The largest absolute Gasteiger partial charge is 0.359 e. The van der Waals surface area contributed by atoms with Gasteiger partial charge in [0.25, 0.3) is 0 Å². The van der Waals surface area contributed by atoms with Crippen LogP contribution in [0.25, 0.3) is 11.1 Å². The molecule has 2 aromatic carbocycles. The van der Waals surface area contributed by atoms with Crippen LogP contribution in [0.2, 0.25) is 0 Å². The maximum atomic E-state index is 5.34. The fourth-order valence-electron chi connectivity index (χ4n) is 2.66. The van der Waals surface area contributed by atoms with Crippen LogP contribution in [0.5, 0.6) is 0 Å². The Bertz CT molecular complexity index is 618. The summed E-state index contributed by atoms with van der Waals surface area (Å²) in [6.45, 7) is 4.35. The van der Waals surface area contributed by atoms with E-state index >= 15 is 0 Å². The van der Waals surface area contributed by atoms with Gasteiger partial charge in [-0.1, -0.05) is 54.6 Å². The molecule has 0 radical (unpaired) electrons. The van der Waals surface area contributed by atoms with Crippen LogP contribution in [-0.2, 0) is 0 Å². The molecule has 0 saturated heterocycles. The monoisotopic (exact) mass is 280 g/mol. The molecular weight excluding hydrogens is 264 g/mol. The van der Waals surface area contributed by atoms with Gasteiger partial charge in [-0.05, 0) is 34.5 Å². The van der Waals surface area contributed by atoms with Gasteiger partial charge in [0.2, 0.25) is 0 Å². The van der Waals surface area contributed by atoms with Gasteiger partial charge in [-0.2, -0.15) is 0 Å². The van der Waals surface area contributed by atoms with Crippen molar-refractivity contribution in [2.45, 2.75) is 6.04 Å². The van der Waals surface area contributed by atoms with Crippen LogP contribution < -0.4 is 10.6 Å². The lowest BCUT2D eigenvalue weighted by atomic mass is 10.1. The van der Waals surface area contributed by atoms with Gasteiger partial charge in [-0.15, -0.1) is 6.58 Å². The van der Waals surface area contributed by atoms with Crippen LogP contribution >= 0.6 is 12.2 Å². The van der Waals surface area contributed by atoms with E-state index in [1.54, 1.807) is 6.08 Å². The van der Waals surface area contributed by atoms with Gasteiger partial charge in [-0.25, -0.2) is 0 Å². The normalized spacial score (nSPS) is 12.4. The third-order valence-corrected chi connectivity index (χ3v) is 3.78. The maximum absolute atomic E-state index is 5.34. The Labute approximate surface area is 124 Å². The quantitative estimate of drug-likeness (QED) is 0.665. The smallest absolute Gasteiger partial charge is 0.167 e. The van der Waals surface area contributed by atoms with Crippen molar-refractivity contribution in [3.8, 4) is 11.1 Å². The van der Waals surface area contributed by atoms with Gasteiger partial charge >= 0.3 is 0 Å². The summed E-state index contributed by atoms with van der Waals surface area (Å²) < 4.78 is 0. The predicted molar refractivity (Wildman–Crippen MR) is 87.7 cm³/mol. The Kier molecular flexibility index (Phi) is 3.52. The molecule has 0 saturated carbocycles. The summed E-state index contributed by atoms with van der Waals surface area (Å²) >= 11 is 5.34. The maximum Gasteiger partial charge on any atom is 0.167 e. The lowest BCUT2D eigenvalue weighted by molar-refractivity contribution is 0.765. The fraction of sp³-hybridized carbons (Fsp3) is 0.118. The van der Waals surface area contributed by atoms with E-state index in [1.165, 1.54) is 22.3 Å². The summed E-state index contributed by atoms with van der Waals surface area (Å²) in [4.78, 5) is 0. The minimum absolute atomic E-state index is 0.118. The molecule has 2 N–H and O–H groups in total. The SMILES string of the molecule is C=CCNC(=S)NC1c2ccccc2-c2ccccc21. The zero-order valence-corrected chi connectivity index (χ0v) is 11.9. The van der Waals surface area contributed by atoms with E-state index in [1.807, 2.05) is 0 Å². The predicted octanol–water partition coefficient (Wildman–Crippen LogP) is 3.41. The molecule has 1 aliphatic carbocycles. The van der Waals surface area contributed by atoms with E-state index in [2.05, 4.69) is 65.7 Å². The van der Waals surface area contributed by atoms with E-state index in [-0.39, 0.29) is 6.04 Å². The van der Waals surface area contributed by atoms with Crippen molar-refractivity contribution >= 4 is 17.3 Å². The lowest BCUT2D eigenvalue weighted by Gasteiger charge is -2.18. The molecule has 0 aliphatic heterocycles. The van der Waals surface area contributed by atoms with Crippen LogP contribution in [-0.4, -0.2) is 11.7 Å². The highest BCUT2D eigenvalue weighted by molar-refractivity contribution is 7.80. The summed E-state index contributed by atoms with van der Waals surface area (Å²) in [6.07, 6.45) is 1.80. The number of thiocarbonyl (C=S) groups is 1. The van der Waals surface area contributed by atoms with E-state index in [4.69, 9.17) is 12.2 Å². The number of hydrogen-bond acceptors (Lipinski definition) is 1. The molecule has 0 spiro atoms. The second-order valence-electron chi connectivity index (χ2n) is 4.75. The molecule has 20 heavy (non-hydrogen) atoms. The molecule has 1 aliphatic rings. The van der Waals surface area contributed by atoms with Gasteiger partial charge in [0, 0.05) is 6.54 Å². The second-order valence-corrected chi connectivity index (χ2v) is 5.16. The van der Waals surface area contributed by atoms with Crippen molar-refractivity contribution < 1.29 is 0 Å². The van der Waals surface area contributed by atoms with Crippen molar-refractivity contribution in [2.24, 2.45) is 0 Å². The first kappa shape index (κ1) is 12.9. The first-order chi connectivity index (χ1) is 9.81. The molecule has 100 valence electrons. The Morgan fingerprint density at radius 1 is 1.05 bits per heavy atom. The molecule has 0 bridgehead atoms. The standard InChI is InChI=1S/C17H16N2S/c1-2-11-18-17(20)19-16-14-9-5-3-7-12(14)13-8-4-6-10-15(13)16/h2-10,16H,1,11H2,(H2,18,19,20). The molecular formula is C17H16N2S. The highest BCUT2D eigenvalue weighted by Crippen LogP contribution is 2.42. The van der Waals surface area contributed by atoms with Crippen LogP contribution in [0, 0.1) is 0 Å². The zero-order valence-electron chi connectivity index (χ0n) is 11.1. The van der Waals surface area contributed by atoms with Gasteiger partial charge in [0.1, 0.15) is 0 Å². The second kappa shape index (κ2) is 5.47. The van der Waals surface area contributed by atoms with Gasteiger partial charge < -0.3 is 10.6 Å². The Morgan fingerprint density at radius 2 is 1.60 bits per heavy atom. The average molecular weight is 280 g/mol. The van der Waals surface area contributed by atoms with Gasteiger partial charge in [0.05, 0.1) is 6.04 Å². The minimum atomic E-state index is 0.118. The van der Waals surface area contributed by atoms with Crippen molar-refractivity contribution in [1.82, 2.24) is 10.6 Å². The number of rotatable bonds is 3. The fourth-order valence-corrected chi connectivity index (χ4v) is 2.86. The summed E-state index contributed by atoms with van der Waals surface area (Å²) in [6, 6.07) is 17.0. The van der Waals surface area contributed by atoms with Crippen molar-refractivity contribution in [1.29, 1.82) is 0 Å². The van der Waals surface area contributed by atoms with E-state index < -0.39 is 0 Å². The van der Waals surface area contributed by atoms with Crippen molar-refractivity contribution in [3.05, 3.63) is 72.3 Å². The third-order valence-electron chi connectivity index (χ3n) is 3.52. The number of nitrogens with one attached hydrogen (secondary N) is 2. The Morgan fingerprint density at radius 3 is 2.15 bits per heavy atom. The highest BCUT2D eigenvalue weighted by Gasteiger charge is 2.28. The first-order valence-electron chi connectivity index (χ1n) is 6.64. The molecule has 0 fully saturated rings. The van der Waals surface area contributed by atoms with E-state index in [0.717, 1.165) is 0 Å². The summed E-state index contributed by atoms with van der Waals surface area (Å²) in [7, 11) is 0.